The molecule has 0 aliphatic carbocycles. The fourth-order valence-electron chi connectivity index (χ4n) is 13.2. The number of esters is 4. The van der Waals surface area contributed by atoms with Gasteiger partial charge in [-0.05, 0) is 37.5 Å². The topological polar surface area (TPSA) is 237 Å². The van der Waals surface area contributed by atoms with E-state index in [4.69, 9.17) is 37.0 Å². The summed E-state index contributed by atoms with van der Waals surface area (Å²) in [6.07, 6.45) is 68.4. The number of unbranched alkanes of at least 4 members (excludes halogenated alkanes) is 53. The van der Waals surface area contributed by atoms with Gasteiger partial charge >= 0.3 is 39.5 Å². The zero-order chi connectivity index (χ0) is 76.4. The Hall–Kier alpha value is -1.94. The quantitative estimate of drug-likeness (QED) is 0.0222. The lowest BCUT2D eigenvalue weighted by Crippen LogP contribution is -2.30. The van der Waals surface area contributed by atoms with E-state index in [-0.39, 0.29) is 25.7 Å². The van der Waals surface area contributed by atoms with Crippen LogP contribution in [-0.4, -0.2) is 96.7 Å². The van der Waals surface area contributed by atoms with E-state index in [1.54, 1.807) is 0 Å². The number of aliphatic hydroxyl groups is 1. The maximum absolute atomic E-state index is 13.1. The van der Waals surface area contributed by atoms with E-state index in [0.717, 1.165) is 102 Å². The molecular weight excluding hydrogens is 1350 g/mol. The Kier molecular flexibility index (Phi) is 75.0. The highest BCUT2D eigenvalue weighted by atomic mass is 31.2. The number of hydrogen-bond acceptors (Lipinski definition) is 15. The number of ether oxygens (including phenoxy) is 4. The molecule has 0 heterocycles. The third-order valence-corrected chi connectivity index (χ3v) is 22.2. The van der Waals surface area contributed by atoms with Gasteiger partial charge in [0, 0.05) is 25.7 Å². The Balaban J connectivity index is 5.16. The Morgan fingerprint density at radius 3 is 0.731 bits per heavy atom. The summed E-state index contributed by atoms with van der Waals surface area (Å²) in [4.78, 5) is 73.0. The number of rotatable bonds is 84. The molecule has 0 amide bonds. The molecule has 0 bridgehead atoms. The summed E-state index contributed by atoms with van der Waals surface area (Å²) in [6, 6.07) is 0. The molecule has 0 aliphatic heterocycles. The van der Waals surface area contributed by atoms with Crippen LogP contribution in [-0.2, 0) is 65.4 Å². The van der Waals surface area contributed by atoms with Gasteiger partial charge in [-0.1, -0.05) is 401 Å². The summed E-state index contributed by atoms with van der Waals surface area (Å²) in [6.45, 7) is 9.63. The van der Waals surface area contributed by atoms with Gasteiger partial charge in [-0.15, -0.1) is 0 Å². The smallest absolute Gasteiger partial charge is 0.462 e. The maximum atomic E-state index is 13.1. The summed E-state index contributed by atoms with van der Waals surface area (Å²) in [5, 5.41) is 10.6. The summed E-state index contributed by atoms with van der Waals surface area (Å²) in [5.41, 5.74) is 0. The van der Waals surface area contributed by atoms with Crippen molar-refractivity contribution < 1.29 is 80.2 Å². The molecule has 0 saturated heterocycles. The minimum atomic E-state index is -4.96. The average Bonchev–Trinajstić information content (AvgIpc) is 0.905. The van der Waals surface area contributed by atoms with E-state index < -0.39 is 97.5 Å². The third-order valence-electron chi connectivity index (χ3n) is 20.3. The van der Waals surface area contributed by atoms with Crippen LogP contribution in [0.3, 0.4) is 0 Å². The van der Waals surface area contributed by atoms with Crippen LogP contribution in [0.5, 0.6) is 0 Å². The first-order valence-electron chi connectivity index (χ1n) is 44.0. The van der Waals surface area contributed by atoms with E-state index in [9.17, 15) is 43.2 Å². The molecule has 0 aliphatic rings. The normalized spacial score (nSPS) is 14.1. The van der Waals surface area contributed by atoms with Gasteiger partial charge in [-0.3, -0.25) is 37.3 Å². The maximum Gasteiger partial charge on any atom is 0.472 e. The van der Waals surface area contributed by atoms with Gasteiger partial charge in [0.15, 0.2) is 12.2 Å². The van der Waals surface area contributed by atoms with Crippen LogP contribution in [0.2, 0.25) is 0 Å². The first-order valence-corrected chi connectivity index (χ1v) is 47.0. The van der Waals surface area contributed by atoms with Gasteiger partial charge in [0.1, 0.15) is 19.3 Å². The van der Waals surface area contributed by atoms with Crippen molar-refractivity contribution in [2.24, 2.45) is 11.8 Å². The molecule has 618 valence electrons. The molecular formula is C85H166O17P2. The van der Waals surface area contributed by atoms with Gasteiger partial charge < -0.3 is 33.8 Å². The number of carbonyl (C=O) groups is 4. The SMILES string of the molecule is CCCCCCCCCCCCCCCCCCCCCCCCC(=O)OC[C@H](COP(=O)(O)OC[C@@H](O)COP(=O)(O)OC[C@@H](COC(=O)CCCCCCCCC(C)C)OC(=O)CCCCCCCCCCCCC)OC(=O)CCCCCCCCCCCCCCCCCCCCC(C)CC. The average molecular weight is 1520 g/mol. The van der Waals surface area contributed by atoms with Crippen molar-refractivity contribution in [2.75, 3.05) is 39.6 Å². The number of hydrogen-bond donors (Lipinski definition) is 3. The lowest BCUT2D eigenvalue weighted by atomic mass is 9.99. The second-order valence-corrected chi connectivity index (χ2v) is 34.2. The Morgan fingerprint density at radius 1 is 0.279 bits per heavy atom. The van der Waals surface area contributed by atoms with Crippen LogP contribution >= 0.6 is 15.6 Å². The van der Waals surface area contributed by atoms with Crippen LogP contribution in [0.15, 0.2) is 0 Å². The monoisotopic (exact) mass is 1520 g/mol. The lowest BCUT2D eigenvalue weighted by Gasteiger charge is -2.21. The Labute approximate surface area is 638 Å². The van der Waals surface area contributed by atoms with E-state index in [1.807, 2.05) is 0 Å². The van der Waals surface area contributed by atoms with Gasteiger partial charge in [0.05, 0.1) is 26.4 Å². The highest BCUT2D eigenvalue weighted by Crippen LogP contribution is 2.45. The molecule has 0 saturated carbocycles. The van der Waals surface area contributed by atoms with Crippen molar-refractivity contribution in [2.45, 2.75) is 471 Å². The van der Waals surface area contributed by atoms with Crippen LogP contribution < -0.4 is 0 Å². The van der Waals surface area contributed by atoms with Crippen LogP contribution in [0.1, 0.15) is 452 Å². The van der Waals surface area contributed by atoms with Crippen molar-refractivity contribution in [3.8, 4) is 0 Å². The summed E-state index contributed by atoms with van der Waals surface area (Å²) in [5.74, 6) is -0.558. The van der Waals surface area contributed by atoms with E-state index >= 15 is 0 Å². The number of phosphoric ester groups is 2. The zero-order valence-corrected chi connectivity index (χ0v) is 70.1. The second kappa shape index (κ2) is 76.4. The third kappa shape index (κ3) is 76.8. The highest BCUT2D eigenvalue weighted by molar-refractivity contribution is 7.47. The van der Waals surface area contributed by atoms with Crippen molar-refractivity contribution in [1.82, 2.24) is 0 Å². The van der Waals surface area contributed by atoms with Crippen molar-refractivity contribution in [3.63, 3.8) is 0 Å². The largest absolute Gasteiger partial charge is 0.472 e. The number of phosphoric acid groups is 2. The van der Waals surface area contributed by atoms with Gasteiger partial charge in [0.25, 0.3) is 0 Å². The molecule has 19 heteroatoms. The van der Waals surface area contributed by atoms with Crippen LogP contribution in [0.4, 0.5) is 0 Å². The molecule has 0 radical (unpaired) electrons. The minimum Gasteiger partial charge on any atom is -0.462 e. The zero-order valence-electron chi connectivity index (χ0n) is 68.3. The van der Waals surface area contributed by atoms with E-state index in [2.05, 4.69) is 41.5 Å². The fourth-order valence-corrected chi connectivity index (χ4v) is 14.8. The Bertz CT molecular complexity index is 2000. The lowest BCUT2D eigenvalue weighted by molar-refractivity contribution is -0.161. The van der Waals surface area contributed by atoms with Gasteiger partial charge in [-0.2, -0.15) is 0 Å². The van der Waals surface area contributed by atoms with Crippen LogP contribution in [0.25, 0.3) is 0 Å². The predicted octanol–water partition coefficient (Wildman–Crippen LogP) is 25.8. The second-order valence-electron chi connectivity index (χ2n) is 31.3. The van der Waals surface area contributed by atoms with Crippen LogP contribution in [0, 0.1) is 11.8 Å². The molecule has 104 heavy (non-hydrogen) atoms. The highest BCUT2D eigenvalue weighted by Gasteiger charge is 2.30. The molecule has 0 aromatic rings. The molecule has 3 unspecified atom stereocenters. The van der Waals surface area contributed by atoms with E-state index in [1.165, 1.54) is 263 Å². The van der Waals surface area contributed by atoms with Crippen molar-refractivity contribution in [3.05, 3.63) is 0 Å². The van der Waals surface area contributed by atoms with Crippen molar-refractivity contribution >= 4 is 39.5 Å². The molecule has 17 nitrogen and oxygen atoms in total. The predicted molar refractivity (Wildman–Crippen MR) is 428 cm³/mol. The summed E-state index contributed by atoms with van der Waals surface area (Å²) in [7, 11) is -9.92. The number of aliphatic hydroxyl groups excluding tert-OH is 1. The minimum absolute atomic E-state index is 0.106. The Morgan fingerprint density at radius 2 is 0.490 bits per heavy atom. The summed E-state index contributed by atoms with van der Waals surface area (Å²) < 4.78 is 68.7. The molecule has 0 aromatic carbocycles. The number of carbonyl (C=O) groups excluding carboxylic acids is 4. The first-order chi connectivity index (χ1) is 50.4. The molecule has 6 atom stereocenters. The summed E-state index contributed by atoms with van der Waals surface area (Å²) >= 11 is 0. The first kappa shape index (κ1) is 102. The fraction of sp³-hybridized carbons (Fsp3) is 0.953. The van der Waals surface area contributed by atoms with Gasteiger partial charge in [-0.25, -0.2) is 9.13 Å². The van der Waals surface area contributed by atoms with Gasteiger partial charge in [0.2, 0.25) is 0 Å². The van der Waals surface area contributed by atoms with E-state index in [0.29, 0.717) is 31.6 Å². The molecule has 3 N–H and O–H groups in total. The molecule has 0 spiro atoms. The molecule has 0 rings (SSSR count). The standard InChI is InChI=1S/C85H166O17P2/c1-7-10-12-14-16-18-20-21-22-23-24-25-26-27-31-34-37-41-44-48-55-61-67-82(87)95-73-80(101-85(90)70-64-58-50-46-42-38-35-32-29-28-30-33-36-40-43-47-54-60-66-78(6)9-3)75-99-103(91,92)97-71-79(86)72-98-104(93,94)100-76-81(74-96-83(88)68-62-56-52-51-53-59-65-77(4)5)102-84(89)69-63-57-49-45-39-19-17-15-13-11-8-2/h77-81,86H,7-76H2,1-6H3,(H,91,92)(H,93,94)/t78?,79-,80-,81-/m1/s1. The van der Waals surface area contributed by atoms with Crippen molar-refractivity contribution in [1.29, 1.82) is 0 Å². The molecule has 0 aromatic heterocycles. The molecule has 0 fully saturated rings.